The lowest BCUT2D eigenvalue weighted by Gasteiger charge is -2.16. The van der Waals surface area contributed by atoms with Gasteiger partial charge in [0.05, 0.1) is 6.04 Å². The Morgan fingerprint density at radius 3 is 2.38 bits per heavy atom. The van der Waals surface area contributed by atoms with Gasteiger partial charge in [0.15, 0.2) is 11.6 Å². The standard InChI is InChI=1S/C19H22F2N2O/c1-13(15-6-4-3-5-7-15)10-11-22-19(24)23-14(2)16-8-9-17(20)18(21)12-16/h3-9,12-14H,10-11H2,1-2H3,(H2,22,23,24). The lowest BCUT2D eigenvalue weighted by atomic mass is 9.98. The van der Waals surface area contributed by atoms with Gasteiger partial charge in [-0.1, -0.05) is 43.3 Å². The summed E-state index contributed by atoms with van der Waals surface area (Å²) in [7, 11) is 0. The quantitative estimate of drug-likeness (QED) is 0.802. The molecule has 0 aromatic heterocycles. The van der Waals surface area contributed by atoms with Crippen molar-refractivity contribution in [2.75, 3.05) is 6.54 Å². The number of carbonyl (C=O) groups excluding carboxylic acids is 1. The van der Waals surface area contributed by atoms with Gasteiger partial charge < -0.3 is 10.6 Å². The molecule has 128 valence electrons. The number of hydrogen-bond acceptors (Lipinski definition) is 1. The van der Waals surface area contributed by atoms with Crippen molar-refractivity contribution in [1.82, 2.24) is 10.6 Å². The minimum atomic E-state index is -0.918. The van der Waals surface area contributed by atoms with E-state index >= 15 is 0 Å². The van der Waals surface area contributed by atoms with Crippen LogP contribution >= 0.6 is 0 Å². The zero-order valence-corrected chi connectivity index (χ0v) is 13.9. The third-order valence-corrected chi connectivity index (χ3v) is 4.02. The Balaban J connectivity index is 1.77. The summed E-state index contributed by atoms with van der Waals surface area (Å²) < 4.78 is 26.2. The molecule has 0 fully saturated rings. The van der Waals surface area contributed by atoms with Crippen LogP contribution in [0.25, 0.3) is 0 Å². The predicted octanol–water partition coefficient (Wildman–Crippen LogP) is 4.52. The van der Waals surface area contributed by atoms with Gasteiger partial charge in [-0.15, -0.1) is 0 Å². The Morgan fingerprint density at radius 2 is 1.71 bits per heavy atom. The molecule has 0 radical (unpaired) electrons. The highest BCUT2D eigenvalue weighted by Crippen LogP contribution is 2.18. The van der Waals surface area contributed by atoms with Crippen LogP contribution < -0.4 is 10.6 Å². The zero-order chi connectivity index (χ0) is 17.5. The summed E-state index contributed by atoms with van der Waals surface area (Å²) in [5.41, 5.74) is 1.75. The van der Waals surface area contributed by atoms with E-state index in [0.717, 1.165) is 18.6 Å². The fourth-order valence-electron chi connectivity index (χ4n) is 2.46. The molecular formula is C19H22F2N2O. The number of nitrogens with one attached hydrogen (secondary N) is 2. The molecule has 0 aliphatic heterocycles. The van der Waals surface area contributed by atoms with Crippen molar-refractivity contribution in [2.24, 2.45) is 0 Å². The van der Waals surface area contributed by atoms with Gasteiger partial charge in [0.2, 0.25) is 0 Å². The zero-order valence-electron chi connectivity index (χ0n) is 13.9. The predicted molar refractivity (Wildman–Crippen MR) is 90.8 cm³/mol. The Kier molecular flexibility index (Phi) is 6.29. The van der Waals surface area contributed by atoms with Gasteiger partial charge in [-0.3, -0.25) is 0 Å². The van der Waals surface area contributed by atoms with E-state index in [1.807, 2.05) is 18.2 Å². The summed E-state index contributed by atoms with van der Waals surface area (Å²) in [6, 6.07) is 13.0. The third kappa shape index (κ3) is 5.05. The number of hydrogen-bond donors (Lipinski definition) is 2. The molecule has 0 saturated heterocycles. The van der Waals surface area contributed by atoms with Gasteiger partial charge >= 0.3 is 6.03 Å². The lowest BCUT2D eigenvalue weighted by Crippen LogP contribution is -2.37. The van der Waals surface area contributed by atoms with Crippen molar-refractivity contribution in [1.29, 1.82) is 0 Å². The largest absolute Gasteiger partial charge is 0.338 e. The smallest absolute Gasteiger partial charge is 0.315 e. The van der Waals surface area contributed by atoms with Crippen LogP contribution in [0.2, 0.25) is 0 Å². The van der Waals surface area contributed by atoms with Crippen molar-refractivity contribution in [3.8, 4) is 0 Å². The average molecular weight is 332 g/mol. The van der Waals surface area contributed by atoms with Crippen LogP contribution in [0.4, 0.5) is 13.6 Å². The van der Waals surface area contributed by atoms with Gasteiger partial charge in [-0.25, -0.2) is 13.6 Å². The molecule has 2 rings (SSSR count). The maximum Gasteiger partial charge on any atom is 0.315 e. The highest BCUT2D eigenvalue weighted by molar-refractivity contribution is 5.74. The highest BCUT2D eigenvalue weighted by atomic mass is 19.2. The lowest BCUT2D eigenvalue weighted by molar-refractivity contribution is 0.237. The van der Waals surface area contributed by atoms with Crippen LogP contribution in [0.1, 0.15) is 43.4 Å². The molecule has 0 bridgehead atoms. The van der Waals surface area contributed by atoms with E-state index in [-0.39, 0.29) is 6.03 Å². The molecule has 2 amide bonds. The number of amides is 2. The maximum absolute atomic E-state index is 13.2. The monoisotopic (exact) mass is 332 g/mol. The summed E-state index contributed by atoms with van der Waals surface area (Å²) >= 11 is 0. The first kappa shape index (κ1) is 17.9. The molecule has 0 saturated carbocycles. The SMILES string of the molecule is CC(CCNC(=O)NC(C)c1ccc(F)c(F)c1)c1ccccc1. The molecule has 0 aliphatic rings. The van der Waals surface area contributed by atoms with Crippen LogP contribution in [-0.4, -0.2) is 12.6 Å². The van der Waals surface area contributed by atoms with Crippen molar-refractivity contribution in [3.05, 3.63) is 71.3 Å². The summed E-state index contributed by atoms with van der Waals surface area (Å²) in [5, 5.41) is 5.51. The normalized spacial score (nSPS) is 13.2. The van der Waals surface area contributed by atoms with E-state index < -0.39 is 17.7 Å². The van der Waals surface area contributed by atoms with Crippen molar-refractivity contribution in [2.45, 2.75) is 32.2 Å². The molecule has 3 nitrogen and oxygen atoms in total. The molecule has 0 spiro atoms. The fraction of sp³-hybridized carbons (Fsp3) is 0.316. The number of rotatable bonds is 6. The van der Waals surface area contributed by atoms with E-state index in [4.69, 9.17) is 0 Å². The van der Waals surface area contributed by atoms with Gasteiger partial charge in [0, 0.05) is 6.54 Å². The van der Waals surface area contributed by atoms with Gasteiger partial charge in [-0.2, -0.15) is 0 Å². The molecule has 24 heavy (non-hydrogen) atoms. The van der Waals surface area contributed by atoms with Crippen molar-refractivity contribution >= 4 is 6.03 Å². The van der Waals surface area contributed by atoms with Crippen LogP contribution in [0.3, 0.4) is 0 Å². The second-order valence-corrected chi connectivity index (χ2v) is 5.90. The minimum absolute atomic E-state index is 0.326. The first-order valence-corrected chi connectivity index (χ1v) is 8.01. The number of carbonyl (C=O) groups is 1. The van der Waals surface area contributed by atoms with Crippen molar-refractivity contribution < 1.29 is 13.6 Å². The Bertz CT molecular complexity index is 676. The van der Waals surface area contributed by atoms with Crippen LogP contribution in [0.15, 0.2) is 48.5 Å². The van der Waals surface area contributed by atoms with Crippen LogP contribution in [0, 0.1) is 11.6 Å². The second kappa shape index (κ2) is 8.43. The van der Waals surface area contributed by atoms with Crippen LogP contribution in [-0.2, 0) is 0 Å². The highest BCUT2D eigenvalue weighted by Gasteiger charge is 2.12. The van der Waals surface area contributed by atoms with E-state index in [1.54, 1.807) is 6.92 Å². The third-order valence-electron chi connectivity index (χ3n) is 4.02. The first-order chi connectivity index (χ1) is 11.5. The fourth-order valence-corrected chi connectivity index (χ4v) is 2.46. The summed E-state index contributed by atoms with van der Waals surface area (Å²) in [6.45, 7) is 4.37. The van der Waals surface area contributed by atoms with Gasteiger partial charge in [-0.05, 0) is 42.5 Å². The molecule has 2 N–H and O–H groups in total. The molecule has 5 heteroatoms. The number of urea groups is 1. The maximum atomic E-state index is 13.2. The summed E-state index contributed by atoms with van der Waals surface area (Å²) in [5.74, 6) is -1.47. The minimum Gasteiger partial charge on any atom is -0.338 e. The molecule has 0 aliphatic carbocycles. The van der Waals surface area contributed by atoms with E-state index in [0.29, 0.717) is 18.0 Å². The molecule has 2 aromatic carbocycles. The molecule has 0 heterocycles. The van der Waals surface area contributed by atoms with Gasteiger partial charge in [0.1, 0.15) is 0 Å². The number of benzene rings is 2. The average Bonchev–Trinajstić information content (AvgIpc) is 2.58. The Morgan fingerprint density at radius 1 is 1.00 bits per heavy atom. The van der Waals surface area contributed by atoms with Crippen molar-refractivity contribution in [3.63, 3.8) is 0 Å². The number of halogens is 2. The van der Waals surface area contributed by atoms with E-state index in [9.17, 15) is 13.6 Å². The summed E-state index contributed by atoms with van der Waals surface area (Å²) in [4.78, 5) is 11.9. The molecular weight excluding hydrogens is 310 g/mol. The Hall–Kier alpha value is -2.43. The van der Waals surface area contributed by atoms with Crippen LogP contribution in [0.5, 0.6) is 0 Å². The topological polar surface area (TPSA) is 41.1 Å². The summed E-state index contributed by atoms with van der Waals surface area (Å²) in [6.07, 6.45) is 0.816. The first-order valence-electron chi connectivity index (χ1n) is 8.01. The molecule has 2 unspecified atom stereocenters. The van der Waals surface area contributed by atoms with E-state index in [2.05, 4.69) is 29.7 Å². The van der Waals surface area contributed by atoms with E-state index in [1.165, 1.54) is 11.6 Å². The van der Waals surface area contributed by atoms with Gasteiger partial charge in [0.25, 0.3) is 0 Å². The Labute approximate surface area is 141 Å². The molecule has 2 atom stereocenters. The molecule has 2 aromatic rings. The second-order valence-electron chi connectivity index (χ2n) is 5.90.